The van der Waals surface area contributed by atoms with Crippen molar-refractivity contribution in [1.29, 1.82) is 0 Å². The first kappa shape index (κ1) is 13.8. The molecule has 2 N–H and O–H groups in total. The van der Waals surface area contributed by atoms with Gasteiger partial charge < -0.3 is 10.6 Å². The zero-order valence-corrected chi connectivity index (χ0v) is 12.5. The molecule has 3 rings (SSSR count). The van der Waals surface area contributed by atoms with Gasteiger partial charge in [0.2, 0.25) is 0 Å². The van der Waals surface area contributed by atoms with E-state index in [2.05, 4.69) is 21.7 Å². The molecule has 0 aliphatic carbocycles. The summed E-state index contributed by atoms with van der Waals surface area (Å²) in [4.78, 5) is 7.93. The minimum Gasteiger partial charge on any atom is -0.329 e. The van der Waals surface area contributed by atoms with E-state index in [1.165, 1.54) is 71.4 Å². The molecule has 1 unspecified atom stereocenters. The van der Waals surface area contributed by atoms with Crippen molar-refractivity contribution in [2.45, 2.75) is 43.7 Å². The Bertz CT molecular complexity index is 299. The van der Waals surface area contributed by atoms with Crippen LogP contribution in [0.3, 0.4) is 0 Å². The molecule has 4 nitrogen and oxygen atoms in total. The Kier molecular flexibility index (Phi) is 4.13. The second-order valence-corrected chi connectivity index (χ2v) is 6.86. The first-order valence-electron chi connectivity index (χ1n) is 8.11. The number of piperazine rings is 1. The minimum absolute atomic E-state index is 0.302. The summed E-state index contributed by atoms with van der Waals surface area (Å²) >= 11 is 0. The molecule has 0 saturated carbocycles. The summed E-state index contributed by atoms with van der Waals surface area (Å²) in [6.45, 7) is 8.36. The van der Waals surface area contributed by atoms with Crippen molar-refractivity contribution in [3.8, 4) is 0 Å². The molecule has 3 heterocycles. The molecule has 4 heteroatoms. The van der Waals surface area contributed by atoms with Crippen LogP contribution in [0, 0.1) is 0 Å². The molecule has 1 atom stereocenters. The fourth-order valence-electron chi connectivity index (χ4n) is 4.27. The highest BCUT2D eigenvalue weighted by atomic mass is 15.3. The standard InChI is InChI=1S/C15H30N4/c1-17-8-5-15(13-16,6-9-17)19-11-10-18-7-3-2-4-14(18)12-19/h14H,2-13,16H2,1H3. The van der Waals surface area contributed by atoms with Crippen LogP contribution >= 0.6 is 0 Å². The average molecular weight is 266 g/mol. The highest BCUT2D eigenvalue weighted by molar-refractivity contribution is 4.99. The molecule has 110 valence electrons. The van der Waals surface area contributed by atoms with Gasteiger partial charge in [-0.05, 0) is 52.4 Å². The van der Waals surface area contributed by atoms with Crippen molar-refractivity contribution in [2.24, 2.45) is 5.73 Å². The molecular formula is C15H30N4. The maximum absolute atomic E-state index is 6.21. The van der Waals surface area contributed by atoms with Crippen LogP contribution in [0.5, 0.6) is 0 Å². The Morgan fingerprint density at radius 2 is 1.84 bits per heavy atom. The molecule has 3 fully saturated rings. The van der Waals surface area contributed by atoms with Gasteiger partial charge in [0, 0.05) is 37.8 Å². The summed E-state index contributed by atoms with van der Waals surface area (Å²) in [6.07, 6.45) is 6.74. The second kappa shape index (κ2) is 5.68. The van der Waals surface area contributed by atoms with Gasteiger partial charge in [-0.25, -0.2) is 0 Å². The summed E-state index contributed by atoms with van der Waals surface area (Å²) in [6, 6.07) is 0.811. The molecule has 3 saturated heterocycles. The van der Waals surface area contributed by atoms with Crippen molar-refractivity contribution in [2.75, 3.05) is 52.9 Å². The van der Waals surface area contributed by atoms with E-state index in [1.807, 2.05) is 0 Å². The number of nitrogens with two attached hydrogens (primary N) is 1. The maximum atomic E-state index is 6.21. The van der Waals surface area contributed by atoms with E-state index in [4.69, 9.17) is 5.73 Å². The summed E-state index contributed by atoms with van der Waals surface area (Å²) in [5.41, 5.74) is 6.51. The third kappa shape index (κ3) is 2.68. The van der Waals surface area contributed by atoms with Gasteiger partial charge >= 0.3 is 0 Å². The first-order chi connectivity index (χ1) is 9.23. The Labute approximate surface area is 117 Å². The number of hydrogen-bond acceptors (Lipinski definition) is 4. The largest absolute Gasteiger partial charge is 0.329 e. The molecular weight excluding hydrogens is 236 g/mol. The van der Waals surface area contributed by atoms with E-state index in [1.54, 1.807) is 0 Å². The molecule has 0 radical (unpaired) electrons. The second-order valence-electron chi connectivity index (χ2n) is 6.86. The van der Waals surface area contributed by atoms with E-state index in [0.29, 0.717) is 5.54 Å². The SMILES string of the molecule is CN1CCC(CN)(N2CCN3CCCCC3C2)CC1. The van der Waals surface area contributed by atoms with Crippen LogP contribution in [0.2, 0.25) is 0 Å². The van der Waals surface area contributed by atoms with Crippen molar-refractivity contribution in [3.05, 3.63) is 0 Å². The molecule has 0 aromatic carbocycles. The quantitative estimate of drug-likeness (QED) is 0.793. The van der Waals surface area contributed by atoms with Gasteiger partial charge in [-0.1, -0.05) is 6.42 Å². The maximum Gasteiger partial charge on any atom is 0.0357 e. The van der Waals surface area contributed by atoms with Crippen LogP contribution in [-0.2, 0) is 0 Å². The van der Waals surface area contributed by atoms with E-state index in [9.17, 15) is 0 Å². The Hall–Kier alpha value is -0.160. The number of rotatable bonds is 2. The highest BCUT2D eigenvalue weighted by Gasteiger charge is 2.41. The number of hydrogen-bond donors (Lipinski definition) is 1. The van der Waals surface area contributed by atoms with Crippen molar-refractivity contribution in [3.63, 3.8) is 0 Å². The predicted octanol–water partition coefficient (Wildman–Crippen LogP) is 0.580. The predicted molar refractivity (Wildman–Crippen MR) is 79.3 cm³/mol. The lowest BCUT2D eigenvalue weighted by molar-refractivity contribution is -0.0345. The van der Waals surface area contributed by atoms with E-state index < -0.39 is 0 Å². The lowest BCUT2D eigenvalue weighted by Gasteiger charge is -2.53. The third-order valence-corrected chi connectivity index (χ3v) is 5.81. The van der Waals surface area contributed by atoms with E-state index in [0.717, 1.165) is 12.6 Å². The zero-order valence-electron chi connectivity index (χ0n) is 12.5. The van der Waals surface area contributed by atoms with Crippen LogP contribution < -0.4 is 5.73 Å². The normalized spacial score (nSPS) is 34.1. The summed E-state index contributed by atoms with van der Waals surface area (Å²) < 4.78 is 0. The van der Waals surface area contributed by atoms with Crippen LogP contribution in [0.1, 0.15) is 32.1 Å². The number of fused-ring (bicyclic) bond motifs is 1. The van der Waals surface area contributed by atoms with Crippen LogP contribution in [0.15, 0.2) is 0 Å². The molecule has 0 bridgehead atoms. The van der Waals surface area contributed by atoms with Crippen molar-refractivity contribution < 1.29 is 0 Å². The van der Waals surface area contributed by atoms with Gasteiger partial charge in [-0.15, -0.1) is 0 Å². The third-order valence-electron chi connectivity index (χ3n) is 5.81. The average Bonchev–Trinajstić information content (AvgIpc) is 2.48. The number of piperidine rings is 2. The molecule has 0 amide bonds. The topological polar surface area (TPSA) is 35.7 Å². The van der Waals surface area contributed by atoms with E-state index >= 15 is 0 Å². The van der Waals surface area contributed by atoms with Gasteiger partial charge in [-0.2, -0.15) is 0 Å². The molecule has 3 aliphatic heterocycles. The highest BCUT2D eigenvalue weighted by Crippen LogP contribution is 2.31. The fourth-order valence-corrected chi connectivity index (χ4v) is 4.27. The van der Waals surface area contributed by atoms with Gasteiger partial charge in [0.15, 0.2) is 0 Å². The summed E-state index contributed by atoms with van der Waals surface area (Å²) in [7, 11) is 2.24. The summed E-state index contributed by atoms with van der Waals surface area (Å²) in [5, 5.41) is 0. The van der Waals surface area contributed by atoms with Gasteiger partial charge in [0.1, 0.15) is 0 Å². The Morgan fingerprint density at radius 1 is 1.05 bits per heavy atom. The first-order valence-corrected chi connectivity index (χ1v) is 8.11. The zero-order chi connectivity index (χ0) is 13.3. The molecule has 19 heavy (non-hydrogen) atoms. The number of nitrogens with zero attached hydrogens (tertiary/aromatic N) is 3. The molecule has 0 aromatic rings. The molecule has 3 aliphatic rings. The molecule has 0 spiro atoms. The Balaban J connectivity index is 1.67. The monoisotopic (exact) mass is 266 g/mol. The lowest BCUT2D eigenvalue weighted by Crippen LogP contribution is -2.66. The lowest BCUT2D eigenvalue weighted by atomic mass is 9.84. The minimum atomic E-state index is 0.302. The van der Waals surface area contributed by atoms with Crippen LogP contribution in [-0.4, -0.2) is 79.1 Å². The van der Waals surface area contributed by atoms with E-state index in [-0.39, 0.29) is 0 Å². The van der Waals surface area contributed by atoms with Gasteiger partial charge in [-0.3, -0.25) is 9.80 Å². The Morgan fingerprint density at radius 3 is 2.58 bits per heavy atom. The van der Waals surface area contributed by atoms with Crippen molar-refractivity contribution >= 4 is 0 Å². The number of likely N-dealkylation sites (tertiary alicyclic amines) is 1. The summed E-state index contributed by atoms with van der Waals surface area (Å²) in [5.74, 6) is 0. The molecule has 0 aromatic heterocycles. The van der Waals surface area contributed by atoms with Crippen molar-refractivity contribution in [1.82, 2.24) is 14.7 Å². The van der Waals surface area contributed by atoms with Gasteiger partial charge in [0.05, 0.1) is 0 Å². The van der Waals surface area contributed by atoms with Crippen LogP contribution in [0.4, 0.5) is 0 Å². The van der Waals surface area contributed by atoms with Crippen LogP contribution in [0.25, 0.3) is 0 Å². The smallest absolute Gasteiger partial charge is 0.0357 e. The van der Waals surface area contributed by atoms with Gasteiger partial charge in [0.25, 0.3) is 0 Å². The fraction of sp³-hybridized carbons (Fsp3) is 1.00.